The largest absolute Gasteiger partial charge is 0.493 e. The number of aromatic nitrogens is 2. The average Bonchev–Trinajstić information content (AvgIpc) is 3.11. The van der Waals surface area contributed by atoms with Gasteiger partial charge in [0.2, 0.25) is 0 Å². The predicted molar refractivity (Wildman–Crippen MR) is 91.4 cm³/mol. The van der Waals surface area contributed by atoms with Crippen LogP contribution in [0.25, 0.3) is 11.5 Å². The number of benzene rings is 2. The number of nitrogens with one attached hydrogen (secondary N) is 1. The van der Waals surface area contributed by atoms with E-state index < -0.39 is 12.0 Å². The van der Waals surface area contributed by atoms with E-state index in [-0.39, 0.29) is 5.95 Å². The number of nitrogens with zero attached hydrogens (tertiary/aromatic N) is 2. The van der Waals surface area contributed by atoms with Crippen LogP contribution in [0.2, 0.25) is 0 Å². The zero-order valence-corrected chi connectivity index (χ0v) is 13.8. The van der Waals surface area contributed by atoms with Crippen LogP contribution in [0.15, 0.2) is 59.1 Å². The highest BCUT2D eigenvalue weighted by atomic mass is 16.5. The Hall–Kier alpha value is -3.35. The van der Waals surface area contributed by atoms with Crippen molar-refractivity contribution in [1.29, 1.82) is 0 Å². The maximum absolute atomic E-state index is 12.3. The van der Waals surface area contributed by atoms with E-state index in [2.05, 4.69) is 15.5 Å². The second-order valence-electron chi connectivity index (χ2n) is 5.19. The van der Waals surface area contributed by atoms with Gasteiger partial charge in [-0.1, -0.05) is 30.3 Å². The van der Waals surface area contributed by atoms with Crippen molar-refractivity contribution in [3.63, 3.8) is 0 Å². The Kier molecular flexibility index (Phi) is 4.94. The van der Waals surface area contributed by atoms with Gasteiger partial charge in [-0.2, -0.15) is 4.98 Å². The Bertz CT molecular complexity index is 848. The van der Waals surface area contributed by atoms with Gasteiger partial charge in [-0.15, -0.1) is 0 Å². The van der Waals surface area contributed by atoms with Crippen molar-refractivity contribution in [3.8, 4) is 23.0 Å². The molecule has 1 unspecified atom stereocenters. The monoisotopic (exact) mass is 339 g/mol. The van der Waals surface area contributed by atoms with Crippen molar-refractivity contribution in [2.45, 2.75) is 13.0 Å². The first-order valence-corrected chi connectivity index (χ1v) is 7.67. The second kappa shape index (κ2) is 7.48. The van der Waals surface area contributed by atoms with Crippen molar-refractivity contribution >= 4 is 11.9 Å². The summed E-state index contributed by atoms with van der Waals surface area (Å²) in [5.41, 5.74) is 0.772. The minimum atomic E-state index is -0.769. The summed E-state index contributed by atoms with van der Waals surface area (Å²) in [6.45, 7) is 1.62. The number of carbonyl (C=O) groups is 1. The molecular formula is C18H17N3O4. The minimum absolute atomic E-state index is 0.0827. The molecule has 1 atom stereocenters. The van der Waals surface area contributed by atoms with Crippen LogP contribution in [0, 0.1) is 0 Å². The number of rotatable bonds is 6. The molecule has 2 aromatic carbocycles. The highest BCUT2D eigenvalue weighted by molar-refractivity contribution is 5.92. The van der Waals surface area contributed by atoms with Gasteiger partial charge in [-0.05, 0) is 36.3 Å². The third-order valence-corrected chi connectivity index (χ3v) is 3.42. The molecule has 1 amide bonds. The number of hydrogen-bond donors (Lipinski definition) is 1. The van der Waals surface area contributed by atoms with Gasteiger partial charge in [0, 0.05) is 5.56 Å². The Labute approximate surface area is 144 Å². The van der Waals surface area contributed by atoms with E-state index in [9.17, 15) is 4.79 Å². The highest BCUT2D eigenvalue weighted by Gasteiger charge is 2.19. The summed E-state index contributed by atoms with van der Waals surface area (Å²) in [6, 6.07) is 16.4. The van der Waals surface area contributed by atoms with Crippen LogP contribution in [0.5, 0.6) is 11.5 Å². The van der Waals surface area contributed by atoms with Crippen LogP contribution in [-0.4, -0.2) is 29.3 Å². The van der Waals surface area contributed by atoms with Gasteiger partial charge in [0.1, 0.15) is 0 Å². The number of para-hydroxylation sites is 2. The van der Waals surface area contributed by atoms with Gasteiger partial charge in [-0.25, -0.2) is 0 Å². The minimum Gasteiger partial charge on any atom is -0.493 e. The Morgan fingerprint density at radius 3 is 2.48 bits per heavy atom. The van der Waals surface area contributed by atoms with Crippen molar-refractivity contribution in [2.24, 2.45) is 0 Å². The molecule has 0 aliphatic rings. The van der Waals surface area contributed by atoms with Gasteiger partial charge in [0.25, 0.3) is 17.7 Å². The summed E-state index contributed by atoms with van der Waals surface area (Å²) in [5, 5.41) is 6.33. The Morgan fingerprint density at radius 2 is 1.76 bits per heavy atom. The number of anilines is 1. The Balaban J connectivity index is 1.65. The zero-order valence-electron chi connectivity index (χ0n) is 13.8. The lowest BCUT2D eigenvalue weighted by atomic mass is 10.2. The Morgan fingerprint density at radius 1 is 1.08 bits per heavy atom. The van der Waals surface area contributed by atoms with Crippen LogP contribution in [0.4, 0.5) is 5.95 Å². The van der Waals surface area contributed by atoms with Crippen molar-refractivity contribution in [1.82, 2.24) is 10.1 Å². The fraction of sp³-hybridized carbons (Fsp3) is 0.167. The van der Waals surface area contributed by atoms with E-state index in [1.165, 1.54) is 7.11 Å². The van der Waals surface area contributed by atoms with E-state index in [4.69, 9.17) is 14.0 Å². The molecule has 7 heteroatoms. The first kappa shape index (κ1) is 16.5. The molecule has 0 aliphatic heterocycles. The third kappa shape index (κ3) is 3.95. The van der Waals surface area contributed by atoms with Gasteiger partial charge in [-0.3, -0.25) is 10.1 Å². The second-order valence-corrected chi connectivity index (χ2v) is 5.19. The first-order valence-electron chi connectivity index (χ1n) is 7.67. The van der Waals surface area contributed by atoms with E-state index in [0.29, 0.717) is 17.4 Å². The molecule has 1 heterocycles. The molecule has 1 N–H and O–H groups in total. The third-order valence-electron chi connectivity index (χ3n) is 3.42. The predicted octanol–water partition coefficient (Wildman–Crippen LogP) is 3.15. The lowest BCUT2D eigenvalue weighted by Gasteiger charge is -2.15. The summed E-state index contributed by atoms with van der Waals surface area (Å²) < 4.78 is 16.0. The lowest BCUT2D eigenvalue weighted by Crippen LogP contribution is -2.30. The van der Waals surface area contributed by atoms with Gasteiger partial charge >= 0.3 is 0 Å². The summed E-state index contributed by atoms with van der Waals surface area (Å²) in [4.78, 5) is 16.4. The molecule has 0 saturated heterocycles. The van der Waals surface area contributed by atoms with E-state index in [1.54, 1.807) is 25.1 Å². The number of carbonyl (C=O) groups excluding carboxylic acids is 1. The first-order chi connectivity index (χ1) is 12.2. The van der Waals surface area contributed by atoms with Crippen LogP contribution >= 0.6 is 0 Å². The molecule has 0 spiro atoms. The summed E-state index contributed by atoms with van der Waals surface area (Å²) in [7, 11) is 1.54. The molecule has 3 rings (SSSR count). The molecule has 25 heavy (non-hydrogen) atoms. The normalized spacial score (nSPS) is 11.6. The summed E-state index contributed by atoms with van der Waals surface area (Å²) in [6.07, 6.45) is -0.769. The molecule has 0 saturated carbocycles. The fourth-order valence-electron chi connectivity index (χ4n) is 2.14. The topological polar surface area (TPSA) is 86.5 Å². The van der Waals surface area contributed by atoms with Gasteiger partial charge < -0.3 is 14.0 Å². The lowest BCUT2D eigenvalue weighted by molar-refractivity contribution is -0.122. The van der Waals surface area contributed by atoms with E-state index in [1.807, 2.05) is 36.4 Å². The molecule has 1 aromatic heterocycles. The highest BCUT2D eigenvalue weighted by Crippen LogP contribution is 2.27. The molecule has 128 valence electrons. The van der Waals surface area contributed by atoms with Crippen molar-refractivity contribution in [3.05, 3.63) is 54.6 Å². The number of hydrogen-bond acceptors (Lipinski definition) is 6. The van der Waals surface area contributed by atoms with Crippen LogP contribution < -0.4 is 14.8 Å². The maximum Gasteiger partial charge on any atom is 0.270 e. The quantitative estimate of drug-likeness (QED) is 0.742. The standard InChI is InChI=1S/C18H17N3O4/c1-12(24-15-11-7-6-10-14(15)23-2)16(22)19-18-20-17(25-21-18)13-8-4-3-5-9-13/h3-12H,1-2H3,(H,19,21,22). The van der Waals surface area contributed by atoms with Crippen molar-refractivity contribution in [2.75, 3.05) is 12.4 Å². The SMILES string of the molecule is COc1ccccc1OC(C)C(=O)Nc1noc(-c2ccccc2)n1. The summed E-state index contributed by atoms with van der Waals surface area (Å²) in [5.74, 6) is 1.04. The van der Waals surface area contributed by atoms with Crippen molar-refractivity contribution < 1.29 is 18.8 Å². The van der Waals surface area contributed by atoms with Crippen LogP contribution in [0.3, 0.4) is 0 Å². The number of ether oxygens (including phenoxy) is 2. The molecule has 0 aliphatic carbocycles. The fourth-order valence-corrected chi connectivity index (χ4v) is 2.14. The van der Waals surface area contributed by atoms with Crippen LogP contribution in [0.1, 0.15) is 6.92 Å². The molecule has 0 radical (unpaired) electrons. The molecule has 3 aromatic rings. The van der Waals surface area contributed by atoms with E-state index in [0.717, 1.165) is 5.56 Å². The van der Waals surface area contributed by atoms with Gasteiger partial charge in [0.05, 0.1) is 7.11 Å². The zero-order chi connectivity index (χ0) is 17.6. The van der Waals surface area contributed by atoms with E-state index >= 15 is 0 Å². The maximum atomic E-state index is 12.3. The molecule has 0 bridgehead atoms. The van der Waals surface area contributed by atoms with Gasteiger partial charge in [0.15, 0.2) is 17.6 Å². The molecular weight excluding hydrogens is 322 g/mol. The average molecular weight is 339 g/mol. The smallest absolute Gasteiger partial charge is 0.270 e. The molecule has 7 nitrogen and oxygen atoms in total. The van der Waals surface area contributed by atoms with Crippen LogP contribution in [-0.2, 0) is 4.79 Å². The number of amides is 1. The number of methoxy groups -OCH3 is 1. The molecule has 0 fully saturated rings. The summed E-state index contributed by atoms with van der Waals surface area (Å²) >= 11 is 0.